The lowest BCUT2D eigenvalue weighted by atomic mass is 10.1. The van der Waals surface area contributed by atoms with Gasteiger partial charge in [-0.15, -0.1) is 11.3 Å². The molecule has 0 spiro atoms. The highest BCUT2D eigenvalue weighted by atomic mass is 32.2. The number of hydrogen-bond donors (Lipinski definition) is 2. The fraction of sp³-hybridized carbons (Fsp3) is 0.0769. The number of H-pyrrole nitrogens is 1. The van der Waals surface area contributed by atoms with Gasteiger partial charge in [0.15, 0.2) is 5.03 Å². The van der Waals surface area contributed by atoms with Gasteiger partial charge in [0.1, 0.15) is 0 Å². The zero-order chi connectivity index (χ0) is 14.9. The minimum Gasteiger partial charge on any atom is -0.278 e. The van der Waals surface area contributed by atoms with E-state index in [2.05, 4.69) is 19.9 Å². The zero-order valence-corrected chi connectivity index (χ0v) is 12.7. The second-order valence-corrected chi connectivity index (χ2v) is 7.07. The van der Waals surface area contributed by atoms with Crippen LogP contribution in [0.2, 0.25) is 0 Å². The topological polar surface area (TPSA) is 87.7 Å². The van der Waals surface area contributed by atoms with Gasteiger partial charge < -0.3 is 0 Å². The lowest BCUT2D eigenvalue weighted by molar-refractivity contribution is 0.597. The Kier molecular flexibility index (Phi) is 3.48. The minimum atomic E-state index is -3.62. The number of rotatable bonds is 4. The van der Waals surface area contributed by atoms with Crippen LogP contribution < -0.4 is 4.72 Å². The highest BCUT2D eigenvalue weighted by Crippen LogP contribution is 2.23. The molecule has 0 saturated carbocycles. The Bertz CT molecular complexity index is 837. The van der Waals surface area contributed by atoms with E-state index in [9.17, 15) is 8.42 Å². The van der Waals surface area contributed by atoms with Gasteiger partial charge in [-0.1, -0.05) is 12.1 Å². The van der Waals surface area contributed by atoms with Crippen LogP contribution in [0.5, 0.6) is 0 Å². The lowest BCUT2D eigenvalue weighted by Gasteiger charge is -2.06. The van der Waals surface area contributed by atoms with Gasteiger partial charge in [-0.05, 0) is 25.1 Å². The van der Waals surface area contributed by atoms with Crippen molar-refractivity contribution in [1.29, 1.82) is 0 Å². The standard InChI is InChI=1S/C13H12N4O2S2/c1-9-15-12(8-20-9)10-2-4-11(5-3-10)17-21(18,19)13-6-7-14-16-13/h2-8,17H,1H3,(H,14,16). The van der Waals surface area contributed by atoms with E-state index in [0.29, 0.717) is 5.69 Å². The van der Waals surface area contributed by atoms with Crippen molar-refractivity contribution < 1.29 is 8.42 Å². The van der Waals surface area contributed by atoms with Crippen LogP contribution in [0.15, 0.2) is 46.9 Å². The van der Waals surface area contributed by atoms with Crippen LogP contribution in [0.25, 0.3) is 11.3 Å². The molecule has 21 heavy (non-hydrogen) atoms. The molecule has 0 unspecified atom stereocenters. The van der Waals surface area contributed by atoms with E-state index in [1.807, 2.05) is 24.4 Å². The highest BCUT2D eigenvalue weighted by Gasteiger charge is 2.15. The van der Waals surface area contributed by atoms with Crippen molar-refractivity contribution in [2.45, 2.75) is 11.9 Å². The quantitative estimate of drug-likeness (QED) is 0.773. The van der Waals surface area contributed by atoms with Gasteiger partial charge in [0.05, 0.1) is 16.9 Å². The highest BCUT2D eigenvalue weighted by molar-refractivity contribution is 7.92. The van der Waals surface area contributed by atoms with Gasteiger partial charge >= 0.3 is 0 Å². The average Bonchev–Trinajstić information content (AvgIpc) is 3.10. The van der Waals surface area contributed by atoms with Crippen LogP contribution in [-0.4, -0.2) is 23.6 Å². The normalized spacial score (nSPS) is 11.5. The molecule has 2 heterocycles. The van der Waals surface area contributed by atoms with Crippen LogP contribution in [-0.2, 0) is 10.0 Å². The van der Waals surface area contributed by atoms with E-state index in [1.165, 1.54) is 12.3 Å². The van der Waals surface area contributed by atoms with Gasteiger partial charge in [0, 0.05) is 16.6 Å². The minimum absolute atomic E-state index is 0.0294. The van der Waals surface area contributed by atoms with Crippen LogP contribution in [0.4, 0.5) is 5.69 Å². The van der Waals surface area contributed by atoms with Gasteiger partial charge in [0.25, 0.3) is 10.0 Å². The predicted molar refractivity (Wildman–Crippen MR) is 81.7 cm³/mol. The van der Waals surface area contributed by atoms with Crippen molar-refractivity contribution in [1.82, 2.24) is 15.2 Å². The van der Waals surface area contributed by atoms with Gasteiger partial charge in [-0.3, -0.25) is 9.82 Å². The summed E-state index contributed by atoms with van der Waals surface area (Å²) in [5.41, 5.74) is 2.32. The summed E-state index contributed by atoms with van der Waals surface area (Å²) in [6, 6.07) is 8.48. The molecular formula is C13H12N4O2S2. The number of thiazole rings is 1. The number of aromatic nitrogens is 3. The number of hydrogen-bond acceptors (Lipinski definition) is 5. The van der Waals surface area contributed by atoms with E-state index in [0.717, 1.165) is 16.3 Å². The Hall–Kier alpha value is -2.19. The monoisotopic (exact) mass is 320 g/mol. The van der Waals surface area contributed by atoms with E-state index < -0.39 is 10.0 Å². The first kappa shape index (κ1) is 13.8. The molecule has 2 aromatic heterocycles. The summed E-state index contributed by atoms with van der Waals surface area (Å²) in [7, 11) is -3.62. The molecule has 108 valence electrons. The molecule has 0 saturated heterocycles. The van der Waals surface area contributed by atoms with E-state index in [1.54, 1.807) is 23.5 Å². The number of nitrogens with zero attached hydrogens (tertiary/aromatic N) is 2. The van der Waals surface area contributed by atoms with Crippen molar-refractivity contribution in [2.24, 2.45) is 0 Å². The second kappa shape index (κ2) is 5.30. The molecule has 0 bridgehead atoms. The summed E-state index contributed by atoms with van der Waals surface area (Å²) in [6.07, 6.45) is 1.39. The summed E-state index contributed by atoms with van der Waals surface area (Å²) in [5, 5.41) is 9.06. The molecule has 0 radical (unpaired) electrons. The molecular weight excluding hydrogens is 308 g/mol. The molecule has 3 rings (SSSR count). The molecule has 0 amide bonds. The van der Waals surface area contributed by atoms with Crippen molar-refractivity contribution in [3.63, 3.8) is 0 Å². The van der Waals surface area contributed by atoms with Crippen molar-refractivity contribution in [3.05, 3.63) is 46.9 Å². The van der Waals surface area contributed by atoms with Crippen LogP contribution in [0, 0.1) is 6.92 Å². The van der Waals surface area contributed by atoms with Crippen molar-refractivity contribution in [2.75, 3.05) is 4.72 Å². The Balaban J connectivity index is 1.82. The van der Waals surface area contributed by atoms with Crippen LogP contribution in [0.3, 0.4) is 0 Å². The number of nitrogens with one attached hydrogen (secondary N) is 2. The molecule has 0 aliphatic carbocycles. The number of aryl methyl sites for hydroxylation is 1. The summed E-state index contributed by atoms with van der Waals surface area (Å²) >= 11 is 1.58. The Morgan fingerprint density at radius 3 is 2.52 bits per heavy atom. The largest absolute Gasteiger partial charge is 0.278 e. The van der Waals surface area contributed by atoms with E-state index >= 15 is 0 Å². The van der Waals surface area contributed by atoms with Crippen molar-refractivity contribution in [3.8, 4) is 11.3 Å². The zero-order valence-electron chi connectivity index (χ0n) is 11.1. The third kappa shape index (κ3) is 2.96. The Labute approximate surface area is 125 Å². The maximum absolute atomic E-state index is 12.0. The molecule has 0 aliphatic heterocycles. The molecule has 8 heteroatoms. The Morgan fingerprint density at radius 2 is 1.95 bits per heavy atom. The van der Waals surface area contributed by atoms with Crippen molar-refractivity contribution >= 4 is 27.0 Å². The Morgan fingerprint density at radius 1 is 1.19 bits per heavy atom. The summed E-state index contributed by atoms with van der Waals surface area (Å²) in [6.45, 7) is 1.95. The fourth-order valence-electron chi connectivity index (χ4n) is 1.81. The first-order valence-corrected chi connectivity index (χ1v) is 8.46. The van der Waals surface area contributed by atoms with Crippen LogP contribution in [0.1, 0.15) is 5.01 Å². The van der Waals surface area contributed by atoms with Crippen LogP contribution >= 0.6 is 11.3 Å². The van der Waals surface area contributed by atoms with Gasteiger partial charge in [0.2, 0.25) is 0 Å². The summed E-state index contributed by atoms with van der Waals surface area (Å²) in [5.74, 6) is 0. The first-order valence-electron chi connectivity index (χ1n) is 6.09. The summed E-state index contributed by atoms with van der Waals surface area (Å²) < 4.78 is 26.5. The molecule has 0 fully saturated rings. The summed E-state index contributed by atoms with van der Waals surface area (Å²) in [4.78, 5) is 4.39. The molecule has 2 N–H and O–H groups in total. The molecule has 6 nitrogen and oxygen atoms in total. The maximum Gasteiger partial charge on any atom is 0.278 e. The average molecular weight is 320 g/mol. The van der Waals surface area contributed by atoms with E-state index in [-0.39, 0.29) is 5.03 Å². The molecule has 3 aromatic rings. The predicted octanol–water partition coefficient (Wildman–Crippen LogP) is 2.64. The molecule has 0 atom stereocenters. The third-order valence-electron chi connectivity index (χ3n) is 2.82. The first-order chi connectivity index (χ1) is 10.0. The molecule has 1 aromatic carbocycles. The van der Waals surface area contributed by atoms with Gasteiger partial charge in [-0.2, -0.15) is 13.5 Å². The smallest absolute Gasteiger partial charge is 0.278 e. The van der Waals surface area contributed by atoms with Gasteiger partial charge in [-0.25, -0.2) is 4.98 Å². The van der Waals surface area contributed by atoms with E-state index in [4.69, 9.17) is 0 Å². The fourth-order valence-corrected chi connectivity index (χ4v) is 3.40. The maximum atomic E-state index is 12.0. The SMILES string of the molecule is Cc1nc(-c2ccc(NS(=O)(=O)c3ccn[nH]3)cc2)cs1. The second-order valence-electron chi connectivity index (χ2n) is 4.36. The number of anilines is 1. The third-order valence-corrected chi connectivity index (χ3v) is 4.90. The number of benzene rings is 1. The number of sulfonamides is 1. The number of aromatic amines is 1. The lowest BCUT2D eigenvalue weighted by Crippen LogP contribution is -2.13. The molecule has 0 aliphatic rings.